The lowest BCUT2D eigenvalue weighted by Gasteiger charge is -2.27. The molecule has 7 amide bonds. The molecule has 24 heteroatoms. The number of aliphatic hydroxyl groups is 2. The summed E-state index contributed by atoms with van der Waals surface area (Å²) in [4.78, 5) is 96.4. The third kappa shape index (κ3) is 20.2. The Balaban J connectivity index is 1.09. The standard InChI is InChI=1S/C64H89N7O15S2/c1-9-26-87-88-64(21-11-12-22-64)39-86-63(80)69-52-33-57(55(82-8)31-49(52)60(77)71-35-42(5)28-47(71)37-73)84-25-14-10-13-24-83-56-32-51(48(30-54(56)81-7)59(76)70-34-41(4)27-46(70)36-72)68-62(79)85-38-45-19-17-44(18-20-45)29-53(74)50(16-15-23-66-61(65)78)67-58(75)43(6)40(2)3/h17-20,30-33,40,43,46-47,50,72-73H,4-5,9-16,21-29,34-39H2,1-3,6-8H3,(H,67,75)(H,68,79)(H,69,80)(H3,65,66,78)/t43-,46-,47-,50-/m0/s1. The van der Waals surface area contributed by atoms with E-state index >= 15 is 0 Å². The molecule has 0 radical (unpaired) electrons. The van der Waals surface area contributed by atoms with Crippen molar-refractivity contribution in [3.05, 3.63) is 95.1 Å². The first-order valence-corrected chi connectivity index (χ1v) is 32.5. The quantitative estimate of drug-likeness (QED) is 0.0166. The number of rotatable bonds is 34. The molecule has 88 heavy (non-hydrogen) atoms. The molecule has 2 heterocycles. The number of Topliss-reactive ketones (excluding diaryl/α,β-unsaturated/α-hetero) is 1. The number of hydrogen-bond donors (Lipinski definition) is 7. The number of likely N-dealkylation sites (tertiary alicyclic amines) is 2. The van der Waals surface area contributed by atoms with Gasteiger partial charge in [0.15, 0.2) is 28.8 Å². The van der Waals surface area contributed by atoms with Gasteiger partial charge in [-0.1, -0.05) is 111 Å². The summed E-state index contributed by atoms with van der Waals surface area (Å²) in [5.41, 5.74) is 8.46. The number of hydrogen-bond acceptors (Lipinski definition) is 17. The summed E-state index contributed by atoms with van der Waals surface area (Å²) in [6.07, 6.45) is 6.74. The third-order valence-corrected chi connectivity index (χ3v) is 19.4. The van der Waals surface area contributed by atoms with Crippen LogP contribution in [-0.4, -0.2) is 157 Å². The number of urea groups is 1. The van der Waals surface area contributed by atoms with Gasteiger partial charge < -0.3 is 64.8 Å². The second kappa shape index (κ2) is 34.6. The van der Waals surface area contributed by atoms with Crippen LogP contribution in [0.15, 0.2) is 72.8 Å². The number of amides is 7. The summed E-state index contributed by atoms with van der Waals surface area (Å²) >= 11 is 0. The predicted molar refractivity (Wildman–Crippen MR) is 340 cm³/mol. The second-order valence-corrected chi connectivity index (χ2v) is 25.9. The Morgan fingerprint density at radius 3 is 1.74 bits per heavy atom. The van der Waals surface area contributed by atoms with Crippen LogP contribution >= 0.6 is 21.6 Å². The monoisotopic (exact) mass is 1260 g/mol. The number of primary amides is 1. The van der Waals surface area contributed by atoms with Crippen molar-refractivity contribution in [1.82, 2.24) is 20.4 Å². The minimum atomic E-state index is -0.883. The van der Waals surface area contributed by atoms with Crippen LogP contribution in [0.1, 0.15) is 137 Å². The molecule has 3 aliphatic rings. The first-order chi connectivity index (χ1) is 42.2. The van der Waals surface area contributed by atoms with Gasteiger partial charge in [-0.25, -0.2) is 14.4 Å². The van der Waals surface area contributed by atoms with Gasteiger partial charge >= 0.3 is 18.2 Å². The van der Waals surface area contributed by atoms with Crippen molar-refractivity contribution in [1.29, 1.82) is 0 Å². The summed E-state index contributed by atoms with van der Waals surface area (Å²) in [7, 11) is 6.46. The van der Waals surface area contributed by atoms with Crippen molar-refractivity contribution in [3.8, 4) is 23.0 Å². The van der Waals surface area contributed by atoms with Crippen LogP contribution in [0.2, 0.25) is 0 Å². The van der Waals surface area contributed by atoms with Gasteiger partial charge in [0.25, 0.3) is 11.8 Å². The van der Waals surface area contributed by atoms with Crippen molar-refractivity contribution >= 4 is 74.7 Å². The molecule has 1 saturated carbocycles. The largest absolute Gasteiger partial charge is 0.493 e. The molecule has 3 aromatic rings. The lowest BCUT2D eigenvalue weighted by atomic mass is 9.95. The lowest BCUT2D eigenvalue weighted by Crippen LogP contribution is -2.45. The number of nitrogens with one attached hydrogen (secondary N) is 4. The van der Waals surface area contributed by atoms with Crippen molar-refractivity contribution in [2.45, 2.75) is 141 Å². The topological polar surface area (TPSA) is 296 Å². The molecule has 8 N–H and O–H groups in total. The Bertz CT molecular complexity index is 2920. The SMILES string of the molecule is C=C1C[C@@H](CO)N(C(=O)c2cc(OC)c(OCCCCCOc3cc(NC(=O)OCC4(SSCCC)CCCC4)c(C(=O)N4CC(=C)C[C@H]4CO)cc3OC)cc2NC(=O)OCc2ccc(CC(=O)[C@H](CCCNC(N)=O)NC(=O)[C@@H](C)C(C)C)cc2)C1. The number of carbonyl (C=O) groups is 7. The summed E-state index contributed by atoms with van der Waals surface area (Å²) in [6.45, 7) is 16.5. The average molecular weight is 1260 g/mol. The van der Waals surface area contributed by atoms with E-state index in [1.807, 2.05) is 13.8 Å². The van der Waals surface area contributed by atoms with E-state index in [2.05, 4.69) is 41.3 Å². The van der Waals surface area contributed by atoms with Gasteiger partial charge in [-0.15, -0.1) is 0 Å². The number of aliphatic hydroxyl groups excluding tert-OH is 2. The van der Waals surface area contributed by atoms with Crippen LogP contribution in [0.5, 0.6) is 23.0 Å². The maximum absolute atomic E-state index is 14.2. The highest BCUT2D eigenvalue weighted by molar-refractivity contribution is 8.77. The van der Waals surface area contributed by atoms with E-state index in [1.54, 1.807) is 58.8 Å². The van der Waals surface area contributed by atoms with Gasteiger partial charge in [0.2, 0.25) is 5.91 Å². The number of ether oxygens (including phenoxy) is 6. The van der Waals surface area contributed by atoms with Gasteiger partial charge in [0.05, 0.1) is 86.0 Å². The maximum atomic E-state index is 14.2. The molecule has 6 rings (SSSR count). The molecule has 3 aromatic carbocycles. The Morgan fingerprint density at radius 1 is 0.727 bits per heavy atom. The zero-order valence-electron chi connectivity index (χ0n) is 51.7. The maximum Gasteiger partial charge on any atom is 0.411 e. The summed E-state index contributed by atoms with van der Waals surface area (Å²) in [5, 5.41) is 31.2. The highest BCUT2D eigenvalue weighted by atomic mass is 33.1. The fraction of sp³-hybridized carbons (Fsp3) is 0.547. The molecule has 3 fully saturated rings. The first kappa shape index (κ1) is 69.9. The van der Waals surface area contributed by atoms with Crippen LogP contribution < -0.4 is 45.9 Å². The van der Waals surface area contributed by atoms with Crippen LogP contribution in [0, 0.1) is 11.8 Å². The number of nitrogens with two attached hydrogens (primary N) is 1. The molecule has 0 bridgehead atoms. The molecular weight excluding hydrogens is 1170 g/mol. The zero-order valence-corrected chi connectivity index (χ0v) is 53.3. The van der Waals surface area contributed by atoms with Gasteiger partial charge in [-0.3, -0.25) is 29.8 Å². The molecule has 22 nitrogen and oxygen atoms in total. The lowest BCUT2D eigenvalue weighted by molar-refractivity contribution is -0.130. The number of unbranched alkanes of at least 4 members (excludes halogenated alkanes) is 2. The molecule has 2 saturated heterocycles. The van der Waals surface area contributed by atoms with Gasteiger partial charge in [-0.2, -0.15) is 0 Å². The number of carbonyl (C=O) groups excluding carboxylic acids is 7. The van der Waals surface area contributed by atoms with Crippen LogP contribution in [0.4, 0.5) is 25.8 Å². The van der Waals surface area contributed by atoms with Crippen molar-refractivity contribution in [3.63, 3.8) is 0 Å². The van der Waals surface area contributed by atoms with Gasteiger partial charge in [0.1, 0.15) is 13.2 Å². The van der Waals surface area contributed by atoms with E-state index in [0.29, 0.717) is 56.1 Å². The number of methoxy groups -OCH3 is 2. The molecule has 2 aliphatic heterocycles. The number of anilines is 2. The summed E-state index contributed by atoms with van der Waals surface area (Å²) in [6, 6.07) is 10.4. The smallest absolute Gasteiger partial charge is 0.411 e. The van der Waals surface area contributed by atoms with E-state index in [-0.39, 0.29) is 139 Å². The molecule has 0 spiro atoms. The van der Waals surface area contributed by atoms with Crippen molar-refractivity contribution in [2.75, 3.05) is 83.3 Å². The minimum Gasteiger partial charge on any atom is -0.493 e. The fourth-order valence-corrected chi connectivity index (χ4v) is 13.7. The van der Waals surface area contributed by atoms with E-state index in [0.717, 1.165) is 49.0 Å². The van der Waals surface area contributed by atoms with Crippen LogP contribution in [0.25, 0.3) is 0 Å². The molecular formula is C64H89N7O15S2. The second-order valence-electron chi connectivity index (χ2n) is 23.0. The Labute approximate surface area is 524 Å². The number of nitrogens with zero attached hydrogens (tertiary/aromatic N) is 2. The average Bonchev–Trinajstić information content (AvgIpc) is 4.01. The molecule has 0 unspecified atom stereocenters. The Morgan fingerprint density at radius 2 is 1.25 bits per heavy atom. The minimum absolute atomic E-state index is 0.0147. The van der Waals surface area contributed by atoms with E-state index in [1.165, 1.54) is 42.2 Å². The molecule has 482 valence electrons. The van der Waals surface area contributed by atoms with E-state index in [4.69, 9.17) is 34.2 Å². The molecule has 1 aliphatic carbocycles. The van der Waals surface area contributed by atoms with Gasteiger partial charge in [-0.05, 0) is 93.4 Å². The van der Waals surface area contributed by atoms with E-state index in [9.17, 15) is 43.8 Å². The van der Waals surface area contributed by atoms with E-state index < -0.39 is 48.2 Å². The highest BCUT2D eigenvalue weighted by Gasteiger charge is 2.38. The number of benzene rings is 3. The first-order valence-electron chi connectivity index (χ1n) is 30.2. The predicted octanol–water partition coefficient (Wildman–Crippen LogP) is 9.60. The number of ketones is 1. The molecule has 4 atom stereocenters. The van der Waals surface area contributed by atoms with Crippen LogP contribution in [0.3, 0.4) is 0 Å². The Hall–Kier alpha value is -7.15. The van der Waals surface area contributed by atoms with Crippen molar-refractivity contribution < 1.29 is 72.2 Å². The normalized spacial score (nSPS) is 16.8. The fourth-order valence-electron chi connectivity index (χ4n) is 10.5. The van der Waals surface area contributed by atoms with Crippen LogP contribution in [-0.2, 0) is 32.1 Å². The van der Waals surface area contributed by atoms with Crippen molar-refractivity contribution in [2.24, 2.45) is 17.6 Å². The van der Waals surface area contributed by atoms with Gasteiger partial charge in [0, 0.05) is 49.9 Å². The molecule has 0 aromatic heterocycles. The third-order valence-electron chi connectivity index (χ3n) is 15.9. The summed E-state index contributed by atoms with van der Waals surface area (Å²) < 4.78 is 35.2. The Kier molecular flexibility index (Phi) is 27.5. The highest BCUT2D eigenvalue weighted by Crippen LogP contribution is 2.48. The zero-order chi connectivity index (χ0) is 63.9. The summed E-state index contributed by atoms with van der Waals surface area (Å²) in [5.74, 6) is 0.366.